The Bertz CT molecular complexity index is 302. The van der Waals surface area contributed by atoms with Crippen LogP contribution in [0.2, 0.25) is 0 Å². The number of aromatic nitrogens is 1. The molecule has 1 aromatic rings. The second kappa shape index (κ2) is 3.75. The van der Waals surface area contributed by atoms with E-state index in [0.717, 1.165) is 25.9 Å². The Balaban J connectivity index is 1.75. The summed E-state index contributed by atoms with van der Waals surface area (Å²) in [5, 5.41) is 13.1. The van der Waals surface area contributed by atoms with Crippen LogP contribution in [0.15, 0.2) is 18.3 Å². The summed E-state index contributed by atoms with van der Waals surface area (Å²) in [5.41, 5.74) is 0.846. The van der Waals surface area contributed by atoms with Gasteiger partial charge in [0, 0.05) is 32.0 Å². The molecule has 0 saturated heterocycles. The van der Waals surface area contributed by atoms with Gasteiger partial charge >= 0.3 is 0 Å². The van der Waals surface area contributed by atoms with Crippen LogP contribution < -0.4 is 5.32 Å². The van der Waals surface area contributed by atoms with E-state index in [-0.39, 0.29) is 0 Å². The standard InChI is InChI=1S/C11H18N2O/c1-13-7-2-4-10(13)8-12-9-11(14)5-3-6-11/h2,4,7,12,14H,3,5-6,8-9H2,1H3. The largest absolute Gasteiger partial charge is 0.389 e. The van der Waals surface area contributed by atoms with E-state index >= 15 is 0 Å². The van der Waals surface area contributed by atoms with Crippen molar-refractivity contribution in [2.24, 2.45) is 7.05 Å². The summed E-state index contributed by atoms with van der Waals surface area (Å²) in [6, 6.07) is 4.13. The highest BCUT2D eigenvalue weighted by atomic mass is 16.3. The van der Waals surface area contributed by atoms with Gasteiger partial charge in [-0.1, -0.05) is 0 Å². The molecule has 1 aliphatic rings. The van der Waals surface area contributed by atoms with Gasteiger partial charge in [-0.25, -0.2) is 0 Å². The van der Waals surface area contributed by atoms with E-state index in [1.807, 2.05) is 19.3 Å². The molecule has 1 heterocycles. The summed E-state index contributed by atoms with van der Waals surface area (Å²) in [6.07, 6.45) is 5.11. The molecule has 1 fully saturated rings. The summed E-state index contributed by atoms with van der Waals surface area (Å²) >= 11 is 0. The maximum Gasteiger partial charge on any atom is 0.0771 e. The fourth-order valence-electron chi connectivity index (χ4n) is 1.87. The molecular formula is C11H18N2O. The third-order valence-corrected chi connectivity index (χ3v) is 3.10. The van der Waals surface area contributed by atoms with Crippen LogP contribution in [0.3, 0.4) is 0 Å². The molecule has 1 aliphatic carbocycles. The zero-order chi connectivity index (χ0) is 10.0. The van der Waals surface area contributed by atoms with Crippen molar-refractivity contribution in [2.45, 2.75) is 31.4 Å². The average Bonchev–Trinajstić information content (AvgIpc) is 2.49. The predicted octanol–water partition coefficient (Wildman–Crippen LogP) is 1.03. The lowest BCUT2D eigenvalue weighted by Crippen LogP contribution is -2.46. The minimum atomic E-state index is -0.412. The van der Waals surface area contributed by atoms with E-state index in [9.17, 15) is 5.11 Å². The van der Waals surface area contributed by atoms with Crippen molar-refractivity contribution in [3.8, 4) is 0 Å². The fourth-order valence-corrected chi connectivity index (χ4v) is 1.87. The maximum atomic E-state index is 9.84. The summed E-state index contributed by atoms with van der Waals surface area (Å²) < 4.78 is 2.10. The van der Waals surface area contributed by atoms with Crippen LogP contribution in [0, 0.1) is 0 Å². The summed E-state index contributed by atoms with van der Waals surface area (Å²) in [7, 11) is 2.04. The van der Waals surface area contributed by atoms with Gasteiger partial charge in [0.25, 0.3) is 0 Å². The first-order valence-electron chi connectivity index (χ1n) is 5.23. The Kier molecular flexibility index (Phi) is 2.61. The van der Waals surface area contributed by atoms with Gasteiger partial charge in [0.15, 0.2) is 0 Å². The minimum absolute atomic E-state index is 0.412. The van der Waals surface area contributed by atoms with Crippen LogP contribution in [-0.4, -0.2) is 21.8 Å². The van der Waals surface area contributed by atoms with E-state index in [4.69, 9.17) is 0 Å². The van der Waals surface area contributed by atoms with E-state index in [1.165, 1.54) is 12.1 Å². The molecule has 3 heteroatoms. The highest BCUT2D eigenvalue weighted by Crippen LogP contribution is 2.30. The topological polar surface area (TPSA) is 37.2 Å². The van der Waals surface area contributed by atoms with Gasteiger partial charge in [0.05, 0.1) is 5.60 Å². The molecular weight excluding hydrogens is 176 g/mol. The van der Waals surface area contributed by atoms with E-state index in [1.54, 1.807) is 0 Å². The molecule has 0 unspecified atom stereocenters. The minimum Gasteiger partial charge on any atom is -0.389 e. The van der Waals surface area contributed by atoms with Crippen molar-refractivity contribution in [1.29, 1.82) is 0 Å². The lowest BCUT2D eigenvalue weighted by atomic mass is 9.80. The molecule has 14 heavy (non-hydrogen) atoms. The van der Waals surface area contributed by atoms with Crippen LogP contribution >= 0.6 is 0 Å². The number of nitrogens with zero attached hydrogens (tertiary/aromatic N) is 1. The third kappa shape index (κ3) is 1.99. The predicted molar refractivity (Wildman–Crippen MR) is 55.9 cm³/mol. The summed E-state index contributed by atoms with van der Waals surface area (Å²) in [4.78, 5) is 0. The first-order valence-corrected chi connectivity index (χ1v) is 5.23. The molecule has 3 nitrogen and oxygen atoms in total. The molecule has 1 saturated carbocycles. The Labute approximate surface area is 84.7 Å². The molecule has 0 aliphatic heterocycles. The number of rotatable bonds is 4. The van der Waals surface area contributed by atoms with Crippen LogP contribution in [0.5, 0.6) is 0 Å². The number of aryl methyl sites for hydroxylation is 1. The Morgan fingerprint density at radius 1 is 1.57 bits per heavy atom. The van der Waals surface area contributed by atoms with Gasteiger partial charge in [-0.2, -0.15) is 0 Å². The highest BCUT2D eigenvalue weighted by molar-refractivity contribution is 5.06. The Morgan fingerprint density at radius 2 is 2.36 bits per heavy atom. The molecule has 78 valence electrons. The molecule has 0 aromatic carbocycles. The normalized spacial score (nSPS) is 19.3. The second-order valence-electron chi connectivity index (χ2n) is 4.29. The second-order valence-corrected chi connectivity index (χ2v) is 4.29. The summed E-state index contributed by atoms with van der Waals surface area (Å²) in [6.45, 7) is 1.56. The van der Waals surface area contributed by atoms with Crippen molar-refractivity contribution < 1.29 is 5.11 Å². The van der Waals surface area contributed by atoms with Crippen LogP contribution in [0.1, 0.15) is 25.0 Å². The zero-order valence-electron chi connectivity index (χ0n) is 8.66. The van der Waals surface area contributed by atoms with Crippen LogP contribution in [-0.2, 0) is 13.6 Å². The molecule has 1 aromatic heterocycles. The fraction of sp³-hybridized carbons (Fsp3) is 0.636. The SMILES string of the molecule is Cn1cccc1CNCC1(O)CCC1. The molecule has 2 rings (SSSR count). The number of nitrogens with one attached hydrogen (secondary N) is 1. The molecule has 0 amide bonds. The van der Waals surface area contributed by atoms with Gasteiger partial charge in [-0.05, 0) is 31.4 Å². The van der Waals surface area contributed by atoms with E-state index in [0.29, 0.717) is 0 Å². The van der Waals surface area contributed by atoms with Crippen molar-refractivity contribution in [1.82, 2.24) is 9.88 Å². The van der Waals surface area contributed by atoms with Gasteiger partial charge in [-0.3, -0.25) is 0 Å². The number of hydrogen-bond donors (Lipinski definition) is 2. The first kappa shape index (κ1) is 9.74. The van der Waals surface area contributed by atoms with E-state index < -0.39 is 5.60 Å². The third-order valence-electron chi connectivity index (χ3n) is 3.10. The molecule has 0 bridgehead atoms. The first-order chi connectivity index (χ1) is 6.70. The van der Waals surface area contributed by atoms with Crippen molar-refractivity contribution >= 4 is 0 Å². The Morgan fingerprint density at radius 3 is 2.86 bits per heavy atom. The van der Waals surface area contributed by atoms with E-state index in [2.05, 4.69) is 16.0 Å². The van der Waals surface area contributed by atoms with Crippen molar-refractivity contribution in [2.75, 3.05) is 6.54 Å². The summed E-state index contributed by atoms with van der Waals surface area (Å²) in [5.74, 6) is 0. The average molecular weight is 194 g/mol. The molecule has 0 radical (unpaired) electrons. The monoisotopic (exact) mass is 194 g/mol. The number of aliphatic hydroxyl groups is 1. The molecule has 0 spiro atoms. The van der Waals surface area contributed by atoms with Crippen molar-refractivity contribution in [3.63, 3.8) is 0 Å². The number of hydrogen-bond acceptors (Lipinski definition) is 2. The molecule has 2 N–H and O–H groups in total. The highest BCUT2D eigenvalue weighted by Gasteiger charge is 2.33. The van der Waals surface area contributed by atoms with Gasteiger partial charge < -0.3 is 15.0 Å². The van der Waals surface area contributed by atoms with Gasteiger partial charge in [-0.15, -0.1) is 0 Å². The zero-order valence-corrected chi connectivity index (χ0v) is 8.66. The van der Waals surface area contributed by atoms with Crippen LogP contribution in [0.25, 0.3) is 0 Å². The van der Waals surface area contributed by atoms with Gasteiger partial charge in [0.1, 0.15) is 0 Å². The van der Waals surface area contributed by atoms with Crippen molar-refractivity contribution in [3.05, 3.63) is 24.0 Å². The van der Waals surface area contributed by atoms with Gasteiger partial charge in [0.2, 0.25) is 0 Å². The molecule has 0 atom stereocenters. The lowest BCUT2D eigenvalue weighted by molar-refractivity contribution is -0.0315. The lowest BCUT2D eigenvalue weighted by Gasteiger charge is -2.36. The quantitative estimate of drug-likeness (QED) is 0.751. The smallest absolute Gasteiger partial charge is 0.0771 e. The van der Waals surface area contributed by atoms with Crippen LogP contribution in [0.4, 0.5) is 0 Å². The maximum absolute atomic E-state index is 9.84. The Hall–Kier alpha value is -0.800.